The van der Waals surface area contributed by atoms with Crippen LogP contribution in [0.2, 0.25) is 0 Å². The van der Waals surface area contributed by atoms with Crippen molar-refractivity contribution in [2.24, 2.45) is 0 Å². The predicted molar refractivity (Wildman–Crippen MR) is 64.4 cm³/mol. The molecular weight excluding hydrogens is 289 g/mol. The fourth-order valence-electron chi connectivity index (χ4n) is 1.85. The SMILES string of the molecule is CC(Cc1nc(C(F)(F)F)no1)(C(=O)O)c1ccccc1. The highest BCUT2D eigenvalue weighted by molar-refractivity contribution is 5.81. The summed E-state index contributed by atoms with van der Waals surface area (Å²) in [6.45, 7) is 1.39. The van der Waals surface area contributed by atoms with E-state index in [9.17, 15) is 23.1 Å². The molecule has 1 N–H and O–H groups in total. The van der Waals surface area contributed by atoms with Crippen LogP contribution in [0, 0.1) is 0 Å². The van der Waals surface area contributed by atoms with Crippen LogP contribution in [0.4, 0.5) is 13.2 Å². The number of aliphatic carboxylic acids is 1. The Hall–Kier alpha value is -2.38. The van der Waals surface area contributed by atoms with Gasteiger partial charge < -0.3 is 9.63 Å². The van der Waals surface area contributed by atoms with Crippen molar-refractivity contribution in [3.63, 3.8) is 0 Å². The summed E-state index contributed by atoms with van der Waals surface area (Å²) in [5.41, 5.74) is -1.03. The lowest BCUT2D eigenvalue weighted by Gasteiger charge is -2.23. The molecule has 0 aliphatic heterocycles. The number of benzene rings is 1. The van der Waals surface area contributed by atoms with E-state index < -0.39 is 23.4 Å². The summed E-state index contributed by atoms with van der Waals surface area (Å²) in [6.07, 6.45) is -5.07. The number of hydrogen-bond donors (Lipinski definition) is 1. The van der Waals surface area contributed by atoms with Crippen LogP contribution in [0.25, 0.3) is 0 Å². The van der Waals surface area contributed by atoms with E-state index in [0.717, 1.165) is 0 Å². The van der Waals surface area contributed by atoms with E-state index in [1.165, 1.54) is 6.92 Å². The summed E-state index contributed by atoms with van der Waals surface area (Å²) in [5, 5.41) is 12.2. The van der Waals surface area contributed by atoms with Crippen LogP contribution in [0.1, 0.15) is 24.2 Å². The van der Waals surface area contributed by atoms with Gasteiger partial charge in [-0.15, -0.1) is 0 Å². The van der Waals surface area contributed by atoms with Crippen molar-refractivity contribution in [2.45, 2.75) is 24.9 Å². The van der Waals surface area contributed by atoms with E-state index in [2.05, 4.69) is 14.7 Å². The summed E-state index contributed by atoms with van der Waals surface area (Å²) < 4.78 is 41.8. The average molecular weight is 300 g/mol. The number of carbonyl (C=O) groups is 1. The zero-order valence-corrected chi connectivity index (χ0v) is 10.9. The largest absolute Gasteiger partial charge is 0.481 e. The minimum Gasteiger partial charge on any atom is -0.481 e. The summed E-state index contributed by atoms with van der Waals surface area (Å²) >= 11 is 0. The Morgan fingerprint density at radius 1 is 1.29 bits per heavy atom. The van der Waals surface area contributed by atoms with E-state index in [1.807, 2.05) is 0 Å². The van der Waals surface area contributed by atoms with Gasteiger partial charge in [0.15, 0.2) is 0 Å². The third-order valence-corrected chi connectivity index (χ3v) is 3.11. The second-order valence-electron chi connectivity index (χ2n) is 4.69. The van der Waals surface area contributed by atoms with Gasteiger partial charge in [-0.05, 0) is 12.5 Å². The molecule has 0 aliphatic carbocycles. The van der Waals surface area contributed by atoms with E-state index in [0.29, 0.717) is 5.56 Å². The molecule has 1 aromatic carbocycles. The molecule has 0 saturated carbocycles. The van der Waals surface area contributed by atoms with Crippen LogP contribution in [0.5, 0.6) is 0 Å². The minimum absolute atomic E-state index is 0.338. The van der Waals surface area contributed by atoms with Gasteiger partial charge in [-0.1, -0.05) is 35.5 Å². The van der Waals surface area contributed by atoms with Gasteiger partial charge in [-0.25, -0.2) is 0 Å². The number of rotatable bonds is 4. The van der Waals surface area contributed by atoms with Crippen molar-refractivity contribution in [3.8, 4) is 0 Å². The first-order chi connectivity index (χ1) is 9.73. The number of alkyl halides is 3. The molecule has 2 aromatic rings. The van der Waals surface area contributed by atoms with Crippen LogP contribution in [-0.4, -0.2) is 21.2 Å². The van der Waals surface area contributed by atoms with Gasteiger partial charge in [0.2, 0.25) is 5.89 Å². The molecule has 1 unspecified atom stereocenters. The molecule has 0 bridgehead atoms. The molecule has 0 aliphatic rings. The van der Waals surface area contributed by atoms with Crippen molar-refractivity contribution in [1.29, 1.82) is 0 Å². The van der Waals surface area contributed by atoms with Crippen LogP contribution in [0.15, 0.2) is 34.9 Å². The summed E-state index contributed by atoms with van der Waals surface area (Å²) in [4.78, 5) is 14.7. The first-order valence-corrected chi connectivity index (χ1v) is 5.92. The first-order valence-electron chi connectivity index (χ1n) is 5.92. The maximum absolute atomic E-state index is 12.4. The summed E-state index contributed by atoms with van der Waals surface area (Å²) in [7, 11) is 0. The van der Waals surface area contributed by atoms with Gasteiger partial charge >= 0.3 is 12.1 Å². The van der Waals surface area contributed by atoms with Gasteiger partial charge in [-0.2, -0.15) is 18.2 Å². The molecule has 21 heavy (non-hydrogen) atoms. The maximum atomic E-state index is 12.4. The number of halogens is 3. The Morgan fingerprint density at radius 2 is 1.90 bits per heavy atom. The standard InChI is InChI=1S/C13H11F3N2O3/c1-12(11(19)20,8-5-3-2-4-6-8)7-9-17-10(18-21-9)13(14,15)16/h2-6H,7H2,1H3,(H,19,20). The Morgan fingerprint density at radius 3 is 2.38 bits per heavy atom. The Balaban J connectivity index is 2.34. The van der Waals surface area contributed by atoms with Crippen LogP contribution >= 0.6 is 0 Å². The number of carboxylic acids is 1. The van der Waals surface area contributed by atoms with Gasteiger partial charge in [-0.3, -0.25) is 4.79 Å². The normalized spacial score (nSPS) is 14.7. The number of nitrogens with zero attached hydrogens (tertiary/aromatic N) is 2. The lowest BCUT2D eigenvalue weighted by atomic mass is 9.79. The fraction of sp³-hybridized carbons (Fsp3) is 0.308. The molecule has 0 saturated heterocycles. The molecular formula is C13H11F3N2O3. The highest BCUT2D eigenvalue weighted by atomic mass is 19.4. The van der Waals surface area contributed by atoms with Gasteiger partial charge in [0, 0.05) is 6.42 Å². The topological polar surface area (TPSA) is 76.2 Å². The van der Waals surface area contributed by atoms with Gasteiger partial charge in [0.25, 0.3) is 5.82 Å². The molecule has 5 nitrogen and oxygen atoms in total. The zero-order chi connectivity index (χ0) is 15.7. The number of aromatic nitrogens is 2. The zero-order valence-electron chi connectivity index (χ0n) is 10.9. The molecule has 1 heterocycles. The monoisotopic (exact) mass is 300 g/mol. The van der Waals surface area contributed by atoms with Crippen LogP contribution in [-0.2, 0) is 22.8 Å². The number of carboxylic acid groups (broad SMARTS) is 1. The highest BCUT2D eigenvalue weighted by Crippen LogP contribution is 2.30. The van der Waals surface area contributed by atoms with E-state index >= 15 is 0 Å². The summed E-state index contributed by atoms with van der Waals surface area (Å²) in [6, 6.07) is 8.15. The summed E-state index contributed by atoms with van der Waals surface area (Å²) in [5.74, 6) is -2.99. The maximum Gasteiger partial charge on any atom is 0.455 e. The second-order valence-corrected chi connectivity index (χ2v) is 4.69. The Labute approximate surface area is 117 Å². The third kappa shape index (κ3) is 3.04. The van der Waals surface area contributed by atoms with Crippen molar-refractivity contribution in [1.82, 2.24) is 10.1 Å². The number of hydrogen-bond acceptors (Lipinski definition) is 4. The molecule has 0 radical (unpaired) electrons. The van der Waals surface area contributed by atoms with E-state index in [4.69, 9.17) is 0 Å². The van der Waals surface area contributed by atoms with Crippen molar-refractivity contribution >= 4 is 5.97 Å². The first kappa shape index (κ1) is 15.0. The van der Waals surface area contributed by atoms with Gasteiger partial charge in [0.05, 0.1) is 5.41 Å². The lowest BCUT2D eigenvalue weighted by molar-refractivity contribution is -0.146. The van der Waals surface area contributed by atoms with Crippen molar-refractivity contribution < 1.29 is 27.6 Å². The predicted octanol–water partition coefficient (Wildman–Crippen LogP) is 2.67. The highest BCUT2D eigenvalue weighted by Gasteiger charge is 2.41. The van der Waals surface area contributed by atoms with Crippen molar-refractivity contribution in [2.75, 3.05) is 0 Å². The smallest absolute Gasteiger partial charge is 0.455 e. The molecule has 1 atom stereocenters. The average Bonchev–Trinajstić information content (AvgIpc) is 2.88. The molecule has 0 spiro atoms. The molecule has 112 valence electrons. The van der Waals surface area contributed by atoms with Crippen LogP contribution in [0.3, 0.4) is 0 Å². The van der Waals surface area contributed by atoms with E-state index in [-0.39, 0.29) is 12.3 Å². The molecule has 1 aromatic heterocycles. The third-order valence-electron chi connectivity index (χ3n) is 3.11. The van der Waals surface area contributed by atoms with Gasteiger partial charge in [0.1, 0.15) is 0 Å². The lowest BCUT2D eigenvalue weighted by Crippen LogP contribution is -2.35. The van der Waals surface area contributed by atoms with E-state index in [1.54, 1.807) is 30.3 Å². The molecule has 2 rings (SSSR count). The second kappa shape index (κ2) is 5.19. The quantitative estimate of drug-likeness (QED) is 0.939. The Bertz CT molecular complexity index is 640. The van der Waals surface area contributed by atoms with Crippen LogP contribution < -0.4 is 0 Å². The minimum atomic E-state index is -4.73. The molecule has 8 heteroatoms. The molecule has 0 fully saturated rings. The fourth-order valence-corrected chi connectivity index (χ4v) is 1.85. The molecule has 0 amide bonds. The Kier molecular flexibility index (Phi) is 3.71. The van der Waals surface area contributed by atoms with Crippen molar-refractivity contribution in [3.05, 3.63) is 47.6 Å².